The fraction of sp³-hybridized carbons (Fsp3) is 0.375. The van der Waals surface area contributed by atoms with Crippen LogP contribution in [0.25, 0.3) is 22.1 Å². The summed E-state index contributed by atoms with van der Waals surface area (Å²) in [5.74, 6) is 3.56. The van der Waals surface area contributed by atoms with Crippen LogP contribution in [0.4, 0.5) is 0 Å². The Labute approximate surface area is 386 Å². The number of carboxylic acid groups (broad SMARTS) is 1. The smallest absolute Gasteiger partial charge is 0.335 e. The van der Waals surface area contributed by atoms with Crippen LogP contribution in [0.3, 0.4) is 0 Å². The summed E-state index contributed by atoms with van der Waals surface area (Å²) in [7, 11) is 0. The van der Waals surface area contributed by atoms with Crippen LogP contribution < -0.4 is 31.6 Å². The maximum absolute atomic E-state index is 12.7. The van der Waals surface area contributed by atoms with Crippen molar-refractivity contribution in [3.8, 4) is 11.5 Å². The number of benzene rings is 4. The SMILES string of the molecule is CC(C)n1nnc2cc(C(=O)NN)ccc21.CCC1(CC)CC(=O)c2cc(C(=O)NNC(=O)c3ccc4c(c3)nnn4C(C)C)ccc2O1.CCC1(CC)CC(=O)c2cc(C(=O)O)ccc2O1. The highest BCUT2D eigenvalue weighted by molar-refractivity contribution is 6.05. The molecular formula is C48H56N10O9. The van der Waals surface area contributed by atoms with Gasteiger partial charge in [0, 0.05) is 28.8 Å². The van der Waals surface area contributed by atoms with Crippen molar-refractivity contribution >= 4 is 57.3 Å². The van der Waals surface area contributed by atoms with E-state index in [9.17, 15) is 28.8 Å². The summed E-state index contributed by atoms with van der Waals surface area (Å²) in [6.07, 6.45) is 3.56. The van der Waals surface area contributed by atoms with E-state index in [1.807, 2.05) is 61.5 Å². The highest BCUT2D eigenvalue weighted by Crippen LogP contribution is 2.39. The lowest BCUT2D eigenvalue weighted by Gasteiger charge is -2.36. The topological polar surface area (TPSA) is 265 Å². The van der Waals surface area contributed by atoms with Crippen molar-refractivity contribution in [2.24, 2.45) is 5.84 Å². The summed E-state index contributed by atoms with van der Waals surface area (Å²) in [6, 6.07) is 19.8. The van der Waals surface area contributed by atoms with Gasteiger partial charge in [-0.05, 0) is 126 Å². The fourth-order valence-electron chi connectivity index (χ4n) is 7.82. The number of carbonyl (C=O) groups is 6. The molecule has 0 atom stereocenters. The number of fused-ring (bicyclic) bond motifs is 4. The molecule has 3 amide bonds. The Kier molecular flexibility index (Phi) is 14.8. The molecule has 67 heavy (non-hydrogen) atoms. The number of carbonyl (C=O) groups excluding carboxylic acids is 5. The van der Waals surface area contributed by atoms with Gasteiger partial charge in [0.15, 0.2) is 11.6 Å². The molecule has 0 unspecified atom stereocenters. The zero-order valence-electron chi connectivity index (χ0n) is 38.8. The second kappa shape index (κ2) is 20.3. The fourth-order valence-corrected chi connectivity index (χ4v) is 7.82. The minimum absolute atomic E-state index is 0.0388. The summed E-state index contributed by atoms with van der Waals surface area (Å²) < 4.78 is 15.6. The first kappa shape index (κ1) is 48.9. The minimum Gasteiger partial charge on any atom is -0.486 e. The van der Waals surface area contributed by atoms with E-state index < -0.39 is 29.0 Å². The van der Waals surface area contributed by atoms with Gasteiger partial charge in [-0.1, -0.05) is 38.1 Å². The number of ketones is 2. The van der Waals surface area contributed by atoms with Crippen LogP contribution >= 0.6 is 0 Å². The zero-order chi connectivity index (χ0) is 48.8. The normalized spacial score (nSPS) is 14.4. The van der Waals surface area contributed by atoms with Crippen LogP contribution in [0, 0.1) is 0 Å². The summed E-state index contributed by atoms with van der Waals surface area (Å²) >= 11 is 0. The third-order valence-electron chi connectivity index (χ3n) is 12.1. The molecule has 0 bridgehead atoms. The van der Waals surface area contributed by atoms with Gasteiger partial charge in [0.25, 0.3) is 17.7 Å². The molecule has 19 nitrogen and oxygen atoms in total. The molecule has 6 N–H and O–H groups in total. The predicted octanol–water partition coefficient (Wildman–Crippen LogP) is 7.14. The molecule has 352 valence electrons. The van der Waals surface area contributed by atoms with Crippen molar-refractivity contribution in [2.75, 3.05) is 0 Å². The average Bonchev–Trinajstić information content (AvgIpc) is 3.97. The van der Waals surface area contributed by atoms with Crippen molar-refractivity contribution in [1.82, 2.24) is 46.3 Å². The Morgan fingerprint density at radius 3 is 1.37 bits per heavy atom. The number of carboxylic acids is 1. The van der Waals surface area contributed by atoms with E-state index in [0.717, 1.165) is 36.7 Å². The van der Waals surface area contributed by atoms with Gasteiger partial charge in [-0.2, -0.15) is 0 Å². The first-order valence-corrected chi connectivity index (χ1v) is 22.2. The molecule has 6 aromatic rings. The second-order valence-corrected chi connectivity index (χ2v) is 17.0. The predicted molar refractivity (Wildman–Crippen MR) is 248 cm³/mol. The van der Waals surface area contributed by atoms with Gasteiger partial charge in [0.1, 0.15) is 33.7 Å². The molecule has 0 saturated carbocycles. The lowest BCUT2D eigenvalue weighted by Crippen LogP contribution is -2.42. The molecule has 4 heterocycles. The number of hydrogen-bond acceptors (Lipinski definition) is 13. The standard InChI is InChI=1S/C24H27N5O4.C14H16O4.C10H13N5O/c1-5-24(6-2)13-20(30)17-11-15(8-10-21(17)33-24)22(31)26-27-23(32)16-7-9-19-18(12-16)25-28-29(19)14(3)4;1-3-14(4-2)8-11(15)10-7-9(13(16)17)5-6-12(10)18-14;1-6(2)15-9-4-3-7(10(16)12-11)5-8(9)13-14-15/h7-12,14H,5-6,13H2,1-4H3,(H,26,31)(H,27,32);5-7H,3-4,8H2,1-2H3,(H,16,17);3-6H,11H2,1-2H3,(H,12,16). The van der Waals surface area contributed by atoms with Gasteiger partial charge in [-0.3, -0.25) is 40.3 Å². The number of rotatable bonds is 10. The third kappa shape index (κ3) is 10.5. The monoisotopic (exact) mass is 916 g/mol. The van der Waals surface area contributed by atoms with Crippen LogP contribution in [0.2, 0.25) is 0 Å². The molecule has 2 aliphatic rings. The van der Waals surface area contributed by atoms with E-state index in [2.05, 4.69) is 36.9 Å². The number of nitrogen functional groups attached to an aromatic ring is 1. The van der Waals surface area contributed by atoms with Crippen molar-refractivity contribution in [1.29, 1.82) is 0 Å². The highest BCUT2D eigenvalue weighted by atomic mass is 16.5. The number of Topliss-reactive ketones (excluding diaryl/α,β-unsaturated/α-hetero) is 2. The number of aromatic nitrogens is 6. The Hall–Kier alpha value is -7.54. The molecule has 0 saturated heterocycles. The van der Waals surface area contributed by atoms with Crippen LogP contribution in [-0.4, -0.2) is 81.6 Å². The van der Waals surface area contributed by atoms with Crippen LogP contribution in [0.5, 0.6) is 11.5 Å². The van der Waals surface area contributed by atoms with Crippen molar-refractivity contribution in [3.63, 3.8) is 0 Å². The molecule has 0 spiro atoms. The molecule has 0 radical (unpaired) electrons. The van der Waals surface area contributed by atoms with E-state index in [1.165, 1.54) is 18.2 Å². The minimum atomic E-state index is -1.03. The zero-order valence-corrected chi connectivity index (χ0v) is 38.8. The van der Waals surface area contributed by atoms with Crippen molar-refractivity contribution in [3.05, 3.63) is 106 Å². The van der Waals surface area contributed by atoms with Crippen molar-refractivity contribution in [2.45, 2.75) is 117 Å². The maximum atomic E-state index is 12.7. The average molecular weight is 917 g/mol. The number of ether oxygens (including phenoxy) is 2. The van der Waals surface area contributed by atoms with Crippen molar-refractivity contribution < 1.29 is 43.3 Å². The second-order valence-electron chi connectivity index (χ2n) is 17.0. The number of amides is 3. The van der Waals surface area contributed by atoms with Gasteiger partial charge < -0.3 is 14.6 Å². The maximum Gasteiger partial charge on any atom is 0.335 e. The van der Waals surface area contributed by atoms with E-state index >= 15 is 0 Å². The number of hydrazine groups is 2. The molecule has 8 rings (SSSR count). The Morgan fingerprint density at radius 2 is 0.985 bits per heavy atom. The largest absolute Gasteiger partial charge is 0.486 e. The van der Waals surface area contributed by atoms with Gasteiger partial charge in [0.2, 0.25) is 0 Å². The first-order valence-electron chi connectivity index (χ1n) is 22.2. The van der Waals surface area contributed by atoms with Gasteiger partial charge in [-0.25, -0.2) is 20.0 Å². The number of nitrogens with two attached hydrogens (primary N) is 1. The molecule has 0 fully saturated rings. The Balaban J connectivity index is 0.000000183. The summed E-state index contributed by atoms with van der Waals surface area (Å²) in [6.45, 7) is 16.0. The highest BCUT2D eigenvalue weighted by Gasteiger charge is 2.39. The Morgan fingerprint density at radius 1 is 0.612 bits per heavy atom. The summed E-state index contributed by atoms with van der Waals surface area (Å²) in [5.41, 5.74) is 10.9. The van der Waals surface area contributed by atoms with E-state index in [0.29, 0.717) is 51.2 Å². The number of nitrogens with one attached hydrogen (secondary N) is 3. The number of nitrogens with zero attached hydrogens (tertiary/aromatic N) is 6. The molecule has 4 aromatic carbocycles. The van der Waals surface area contributed by atoms with Crippen LogP contribution in [-0.2, 0) is 0 Å². The molecule has 0 aliphatic carbocycles. The van der Waals surface area contributed by atoms with E-state index in [1.54, 1.807) is 57.9 Å². The molecule has 2 aromatic heterocycles. The van der Waals surface area contributed by atoms with E-state index in [4.69, 9.17) is 20.4 Å². The van der Waals surface area contributed by atoms with Crippen LogP contribution in [0.1, 0.15) is 168 Å². The quantitative estimate of drug-likeness (QED) is 0.0520. The van der Waals surface area contributed by atoms with E-state index in [-0.39, 0.29) is 47.1 Å². The Bertz CT molecular complexity index is 2860. The number of aromatic carboxylic acids is 1. The van der Waals surface area contributed by atoms with Gasteiger partial charge in [0.05, 0.1) is 40.6 Å². The van der Waals surface area contributed by atoms with Gasteiger partial charge in [-0.15, -0.1) is 10.2 Å². The summed E-state index contributed by atoms with van der Waals surface area (Å²) in [4.78, 5) is 72.1. The third-order valence-corrected chi connectivity index (χ3v) is 12.1. The molecule has 2 aliphatic heterocycles. The van der Waals surface area contributed by atoms with Gasteiger partial charge >= 0.3 is 5.97 Å². The summed E-state index contributed by atoms with van der Waals surface area (Å²) in [5, 5.41) is 25.1. The first-order chi connectivity index (χ1) is 31.9. The lowest BCUT2D eigenvalue weighted by molar-refractivity contribution is 0.0341. The number of hydrogen-bond donors (Lipinski definition) is 5. The van der Waals surface area contributed by atoms with Crippen LogP contribution in [0.15, 0.2) is 72.8 Å². The lowest BCUT2D eigenvalue weighted by atomic mass is 9.85. The molecule has 19 heteroatoms. The molecular weight excluding hydrogens is 861 g/mol.